The SMILES string of the molecule is C[C@@H](NC(N)=O)C(=O)N(C)C1c2ccccc2-c2ccccc21. The molecule has 23 heavy (non-hydrogen) atoms. The highest BCUT2D eigenvalue weighted by Gasteiger charge is 2.34. The van der Waals surface area contributed by atoms with Crippen LogP contribution >= 0.6 is 0 Å². The molecule has 5 nitrogen and oxygen atoms in total. The molecule has 0 bridgehead atoms. The Morgan fingerprint density at radius 3 is 2.00 bits per heavy atom. The first-order chi connectivity index (χ1) is 11.0. The molecule has 1 aliphatic carbocycles. The van der Waals surface area contributed by atoms with E-state index in [0.29, 0.717) is 0 Å². The number of amides is 3. The number of nitrogens with zero attached hydrogens (tertiary/aromatic N) is 1. The zero-order valence-electron chi connectivity index (χ0n) is 13.1. The van der Waals surface area contributed by atoms with Crippen molar-refractivity contribution in [3.8, 4) is 11.1 Å². The smallest absolute Gasteiger partial charge is 0.312 e. The molecular formula is C18H19N3O2. The summed E-state index contributed by atoms with van der Waals surface area (Å²) in [6, 6.07) is 14.6. The molecule has 0 saturated heterocycles. The zero-order chi connectivity index (χ0) is 16.6. The second-order valence-electron chi connectivity index (χ2n) is 5.76. The summed E-state index contributed by atoms with van der Waals surface area (Å²) in [5.41, 5.74) is 9.59. The van der Waals surface area contributed by atoms with E-state index in [4.69, 9.17) is 5.73 Å². The maximum absolute atomic E-state index is 12.6. The summed E-state index contributed by atoms with van der Waals surface area (Å²) in [7, 11) is 1.76. The van der Waals surface area contributed by atoms with Crippen LogP contribution in [-0.4, -0.2) is 29.9 Å². The Morgan fingerprint density at radius 2 is 1.52 bits per heavy atom. The maximum atomic E-state index is 12.6. The first kappa shape index (κ1) is 15.1. The third-order valence-corrected chi connectivity index (χ3v) is 4.27. The van der Waals surface area contributed by atoms with Crippen molar-refractivity contribution < 1.29 is 9.59 Å². The lowest BCUT2D eigenvalue weighted by molar-refractivity contribution is -0.132. The fourth-order valence-electron chi connectivity index (χ4n) is 3.25. The Balaban J connectivity index is 1.99. The zero-order valence-corrected chi connectivity index (χ0v) is 13.1. The van der Waals surface area contributed by atoms with Crippen LogP contribution in [0.4, 0.5) is 4.79 Å². The molecule has 3 amide bonds. The number of rotatable bonds is 3. The fourth-order valence-corrected chi connectivity index (χ4v) is 3.25. The monoisotopic (exact) mass is 309 g/mol. The van der Waals surface area contributed by atoms with Gasteiger partial charge in [0.15, 0.2) is 0 Å². The summed E-state index contributed by atoms with van der Waals surface area (Å²) < 4.78 is 0. The first-order valence-electron chi connectivity index (χ1n) is 7.51. The average molecular weight is 309 g/mol. The van der Waals surface area contributed by atoms with Crippen LogP contribution in [0.3, 0.4) is 0 Å². The molecule has 1 aliphatic rings. The minimum Gasteiger partial charge on any atom is -0.352 e. The van der Waals surface area contributed by atoms with Crippen LogP contribution in [0.2, 0.25) is 0 Å². The third kappa shape index (κ3) is 2.54. The van der Waals surface area contributed by atoms with E-state index in [-0.39, 0.29) is 11.9 Å². The normalized spacial score (nSPS) is 13.8. The summed E-state index contributed by atoms with van der Waals surface area (Å²) in [5, 5.41) is 2.44. The van der Waals surface area contributed by atoms with Crippen molar-refractivity contribution in [3.05, 3.63) is 59.7 Å². The molecule has 5 heteroatoms. The summed E-state index contributed by atoms with van der Waals surface area (Å²) in [6.07, 6.45) is 0. The number of carbonyl (C=O) groups is 2. The van der Waals surface area contributed by atoms with Crippen LogP contribution in [0, 0.1) is 0 Å². The van der Waals surface area contributed by atoms with E-state index < -0.39 is 12.1 Å². The molecule has 1 atom stereocenters. The summed E-state index contributed by atoms with van der Waals surface area (Å²) in [4.78, 5) is 25.3. The lowest BCUT2D eigenvalue weighted by atomic mass is 10.0. The largest absolute Gasteiger partial charge is 0.352 e. The van der Waals surface area contributed by atoms with Crippen LogP contribution in [0.1, 0.15) is 24.1 Å². The molecule has 2 aromatic rings. The Hall–Kier alpha value is -2.82. The molecule has 2 aromatic carbocycles. The van der Waals surface area contributed by atoms with Gasteiger partial charge in [0.2, 0.25) is 5.91 Å². The predicted molar refractivity (Wildman–Crippen MR) is 88.7 cm³/mol. The highest BCUT2D eigenvalue weighted by Crippen LogP contribution is 2.45. The minimum absolute atomic E-state index is 0.160. The molecule has 0 aliphatic heterocycles. The van der Waals surface area contributed by atoms with Gasteiger partial charge in [-0.15, -0.1) is 0 Å². The van der Waals surface area contributed by atoms with Gasteiger partial charge in [0, 0.05) is 7.05 Å². The van der Waals surface area contributed by atoms with Gasteiger partial charge >= 0.3 is 6.03 Å². The Bertz CT molecular complexity index is 727. The van der Waals surface area contributed by atoms with Crippen molar-refractivity contribution in [1.82, 2.24) is 10.2 Å². The van der Waals surface area contributed by atoms with Crippen molar-refractivity contribution in [2.24, 2.45) is 5.73 Å². The van der Waals surface area contributed by atoms with Crippen LogP contribution < -0.4 is 11.1 Å². The maximum Gasteiger partial charge on any atom is 0.312 e. The van der Waals surface area contributed by atoms with Crippen LogP contribution in [0.15, 0.2) is 48.5 Å². The molecule has 0 radical (unpaired) electrons. The number of nitrogens with two attached hydrogens (primary N) is 1. The fraction of sp³-hybridized carbons (Fsp3) is 0.222. The number of carbonyl (C=O) groups excluding carboxylic acids is 2. The Kier molecular flexibility index (Phi) is 3.78. The van der Waals surface area contributed by atoms with Crippen molar-refractivity contribution in [1.29, 1.82) is 0 Å². The van der Waals surface area contributed by atoms with E-state index in [1.165, 1.54) is 0 Å². The average Bonchev–Trinajstić information content (AvgIpc) is 2.87. The number of hydrogen-bond acceptors (Lipinski definition) is 2. The van der Waals surface area contributed by atoms with E-state index in [9.17, 15) is 9.59 Å². The lowest BCUT2D eigenvalue weighted by Gasteiger charge is -2.29. The Labute approximate surface area is 135 Å². The molecule has 3 N–H and O–H groups in total. The molecule has 118 valence electrons. The molecule has 0 heterocycles. The molecule has 0 fully saturated rings. The van der Waals surface area contributed by atoms with Gasteiger partial charge in [0.05, 0.1) is 6.04 Å². The van der Waals surface area contributed by atoms with Gasteiger partial charge in [-0.25, -0.2) is 4.79 Å². The standard InChI is InChI=1S/C18H19N3O2/c1-11(20-18(19)23)17(22)21(2)16-14-9-5-3-7-12(14)13-8-4-6-10-15(13)16/h3-11,16H,1-2H3,(H3,19,20,23)/t11-/m1/s1. The number of nitrogens with one attached hydrogen (secondary N) is 1. The van der Waals surface area contributed by atoms with E-state index in [0.717, 1.165) is 22.3 Å². The van der Waals surface area contributed by atoms with Crippen molar-refractivity contribution >= 4 is 11.9 Å². The second kappa shape index (κ2) is 5.76. The summed E-state index contributed by atoms with van der Waals surface area (Å²) >= 11 is 0. The van der Waals surface area contributed by atoms with Crippen molar-refractivity contribution in [2.45, 2.75) is 19.0 Å². The van der Waals surface area contributed by atoms with Crippen LogP contribution in [-0.2, 0) is 4.79 Å². The molecular weight excluding hydrogens is 290 g/mol. The van der Waals surface area contributed by atoms with Gasteiger partial charge in [-0.2, -0.15) is 0 Å². The van der Waals surface area contributed by atoms with Gasteiger partial charge in [-0.1, -0.05) is 48.5 Å². The quantitative estimate of drug-likeness (QED) is 0.912. The molecule has 0 spiro atoms. The topological polar surface area (TPSA) is 75.4 Å². The highest BCUT2D eigenvalue weighted by atomic mass is 16.2. The van der Waals surface area contributed by atoms with Gasteiger partial charge in [0.25, 0.3) is 0 Å². The number of hydrogen-bond donors (Lipinski definition) is 2. The molecule has 0 unspecified atom stereocenters. The Morgan fingerprint density at radius 1 is 1.04 bits per heavy atom. The molecule has 0 saturated carbocycles. The third-order valence-electron chi connectivity index (χ3n) is 4.27. The van der Waals surface area contributed by atoms with Crippen molar-refractivity contribution in [3.63, 3.8) is 0 Å². The number of primary amides is 1. The lowest BCUT2D eigenvalue weighted by Crippen LogP contribution is -2.48. The van der Waals surface area contributed by atoms with Gasteiger partial charge < -0.3 is 16.0 Å². The summed E-state index contributed by atoms with van der Waals surface area (Å²) in [6.45, 7) is 1.64. The minimum atomic E-state index is -0.702. The number of fused-ring (bicyclic) bond motifs is 3. The van der Waals surface area contributed by atoms with Crippen LogP contribution in [0.5, 0.6) is 0 Å². The second-order valence-corrected chi connectivity index (χ2v) is 5.76. The number of likely N-dealkylation sites (N-methyl/N-ethyl adjacent to an activating group) is 1. The predicted octanol–water partition coefficient (Wildman–Crippen LogP) is 2.27. The van der Waals surface area contributed by atoms with E-state index in [1.54, 1.807) is 18.9 Å². The van der Waals surface area contributed by atoms with Gasteiger partial charge in [-0.3, -0.25) is 4.79 Å². The van der Waals surface area contributed by atoms with E-state index >= 15 is 0 Å². The van der Waals surface area contributed by atoms with Gasteiger partial charge in [0.1, 0.15) is 6.04 Å². The van der Waals surface area contributed by atoms with E-state index in [2.05, 4.69) is 17.4 Å². The first-order valence-corrected chi connectivity index (χ1v) is 7.51. The van der Waals surface area contributed by atoms with Crippen LogP contribution in [0.25, 0.3) is 11.1 Å². The number of urea groups is 1. The highest BCUT2D eigenvalue weighted by molar-refractivity contribution is 5.88. The summed E-state index contributed by atoms with van der Waals surface area (Å²) in [5.74, 6) is -0.180. The molecule has 3 rings (SSSR count). The van der Waals surface area contributed by atoms with E-state index in [1.807, 2.05) is 36.4 Å². The number of benzene rings is 2. The van der Waals surface area contributed by atoms with Crippen molar-refractivity contribution in [2.75, 3.05) is 7.05 Å². The van der Waals surface area contributed by atoms with Gasteiger partial charge in [-0.05, 0) is 29.2 Å². The molecule has 0 aromatic heterocycles.